The van der Waals surface area contributed by atoms with Crippen LogP contribution < -0.4 is 0 Å². The number of alkyl halides is 3. The fourth-order valence-electron chi connectivity index (χ4n) is 3.14. The second kappa shape index (κ2) is 6.47. The highest BCUT2D eigenvalue weighted by molar-refractivity contribution is 7.87. The molecule has 1 fully saturated rings. The highest BCUT2D eigenvalue weighted by Crippen LogP contribution is 2.48. The third-order valence-electron chi connectivity index (χ3n) is 4.41. The maximum atomic E-state index is 12.5. The molecule has 0 amide bonds. The van der Waals surface area contributed by atoms with Gasteiger partial charge in [-0.2, -0.15) is 21.6 Å². The third kappa shape index (κ3) is 3.58. The molecule has 0 aromatic rings. The summed E-state index contributed by atoms with van der Waals surface area (Å²) < 4.78 is 69.3. The smallest absolute Gasteiger partial charge is 0.464 e. The minimum absolute atomic E-state index is 0.0888. The first-order chi connectivity index (χ1) is 11.4. The molecule has 0 heterocycles. The van der Waals surface area contributed by atoms with Gasteiger partial charge in [0.05, 0.1) is 5.41 Å². The van der Waals surface area contributed by atoms with Gasteiger partial charge in [0.15, 0.2) is 0 Å². The zero-order valence-corrected chi connectivity index (χ0v) is 14.4. The van der Waals surface area contributed by atoms with Gasteiger partial charge in [0.25, 0.3) is 0 Å². The van der Waals surface area contributed by atoms with E-state index < -0.39 is 32.8 Å². The number of ketones is 1. The fraction of sp³-hybridized carbons (Fsp3) is 0.600. The summed E-state index contributed by atoms with van der Waals surface area (Å²) in [5.74, 6) is -1.22. The first kappa shape index (κ1) is 19.5. The van der Waals surface area contributed by atoms with E-state index in [0.717, 1.165) is 6.08 Å². The van der Waals surface area contributed by atoms with Gasteiger partial charge in [0.2, 0.25) is 0 Å². The van der Waals surface area contributed by atoms with E-state index in [1.54, 1.807) is 0 Å². The number of fused-ring (bicyclic) bond motifs is 1. The van der Waals surface area contributed by atoms with E-state index in [2.05, 4.69) is 4.18 Å². The average Bonchev–Trinajstić information content (AvgIpc) is 2.48. The molecule has 6 nitrogen and oxygen atoms in total. The van der Waals surface area contributed by atoms with Crippen LogP contribution in [0.1, 0.15) is 39.5 Å². The second-order valence-corrected chi connectivity index (χ2v) is 7.54. The predicted octanol–water partition coefficient (Wildman–Crippen LogP) is 2.76. The lowest BCUT2D eigenvalue weighted by molar-refractivity contribution is -0.147. The van der Waals surface area contributed by atoms with Crippen LogP contribution in [-0.4, -0.2) is 32.3 Å². The van der Waals surface area contributed by atoms with Crippen molar-refractivity contribution in [1.82, 2.24) is 0 Å². The van der Waals surface area contributed by atoms with Crippen LogP contribution in [0.5, 0.6) is 0 Å². The van der Waals surface area contributed by atoms with Gasteiger partial charge < -0.3 is 8.92 Å². The molecule has 0 spiro atoms. The summed E-state index contributed by atoms with van der Waals surface area (Å²) in [6.07, 6.45) is 2.16. The molecule has 0 aromatic carbocycles. The number of rotatable bonds is 4. The molecule has 0 radical (unpaired) electrons. The second-order valence-electron chi connectivity index (χ2n) is 6.00. The van der Waals surface area contributed by atoms with Crippen molar-refractivity contribution in [2.24, 2.45) is 5.41 Å². The molecule has 0 bridgehead atoms. The Kier molecular flexibility index (Phi) is 5.04. The quantitative estimate of drug-likeness (QED) is 0.422. The van der Waals surface area contributed by atoms with Crippen LogP contribution in [-0.2, 0) is 28.6 Å². The Morgan fingerprint density at radius 3 is 2.52 bits per heavy atom. The monoisotopic (exact) mass is 382 g/mol. The topological polar surface area (TPSA) is 86.7 Å². The van der Waals surface area contributed by atoms with Crippen molar-refractivity contribution in [1.29, 1.82) is 0 Å². The van der Waals surface area contributed by atoms with E-state index in [0.29, 0.717) is 18.4 Å². The van der Waals surface area contributed by atoms with Crippen LogP contribution in [0.2, 0.25) is 0 Å². The van der Waals surface area contributed by atoms with Crippen molar-refractivity contribution >= 4 is 21.9 Å². The summed E-state index contributed by atoms with van der Waals surface area (Å²) in [4.78, 5) is 23.6. The first-order valence-electron chi connectivity index (χ1n) is 7.49. The van der Waals surface area contributed by atoms with Crippen molar-refractivity contribution in [2.75, 3.05) is 6.61 Å². The van der Waals surface area contributed by atoms with Crippen molar-refractivity contribution < 1.29 is 40.1 Å². The summed E-state index contributed by atoms with van der Waals surface area (Å²) in [6.45, 7) is 2.35. The normalized spacial score (nSPS) is 24.5. The average molecular weight is 382 g/mol. The lowest BCUT2D eigenvalue weighted by Crippen LogP contribution is -2.43. The van der Waals surface area contributed by atoms with Gasteiger partial charge in [-0.15, -0.1) is 0 Å². The zero-order valence-electron chi connectivity index (χ0n) is 13.6. The minimum Gasteiger partial charge on any atom is -0.464 e. The van der Waals surface area contributed by atoms with E-state index in [9.17, 15) is 31.2 Å². The van der Waals surface area contributed by atoms with Crippen LogP contribution in [0.3, 0.4) is 0 Å². The molecule has 1 saturated carbocycles. The van der Waals surface area contributed by atoms with Gasteiger partial charge in [-0.3, -0.25) is 9.59 Å². The maximum absolute atomic E-state index is 12.5. The maximum Gasteiger partial charge on any atom is 0.534 e. The molecule has 140 valence electrons. The highest BCUT2D eigenvalue weighted by atomic mass is 32.2. The summed E-state index contributed by atoms with van der Waals surface area (Å²) in [6, 6.07) is 0. The number of halogens is 3. The van der Waals surface area contributed by atoms with Crippen molar-refractivity contribution in [3.05, 3.63) is 23.0 Å². The van der Waals surface area contributed by atoms with E-state index in [4.69, 9.17) is 4.74 Å². The lowest BCUT2D eigenvalue weighted by atomic mass is 9.64. The third-order valence-corrected chi connectivity index (χ3v) is 5.37. The molecule has 0 unspecified atom stereocenters. The number of carbonyl (C=O) groups excluding carboxylic acids is 2. The first-order valence-corrected chi connectivity index (χ1v) is 8.90. The number of esters is 1. The van der Waals surface area contributed by atoms with Gasteiger partial charge in [-0.25, -0.2) is 0 Å². The number of ether oxygens (including phenoxy) is 1. The van der Waals surface area contributed by atoms with E-state index in [-0.39, 0.29) is 30.8 Å². The van der Waals surface area contributed by atoms with Gasteiger partial charge in [-0.05, 0) is 43.4 Å². The molecule has 1 atom stereocenters. The lowest BCUT2D eigenvalue weighted by Gasteiger charge is -2.40. The van der Waals surface area contributed by atoms with Crippen LogP contribution >= 0.6 is 0 Å². The molecule has 25 heavy (non-hydrogen) atoms. The van der Waals surface area contributed by atoms with Gasteiger partial charge >= 0.3 is 21.6 Å². The summed E-state index contributed by atoms with van der Waals surface area (Å²) >= 11 is 0. The highest BCUT2D eigenvalue weighted by Gasteiger charge is 2.51. The summed E-state index contributed by atoms with van der Waals surface area (Å²) in [5.41, 5.74) is -6.10. The van der Waals surface area contributed by atoms with Crippen molar-refractivity contribution in [2.45, 2.75) is 45.0 Å². The van der Waals surface area contributed by atoms with E-state index in [1.165, 1.54) is 13.8 Å². The summed E-state index contributed by atoms with van der Waals surface area (Å²) in [5, 5.41) is 0. The standard InChI is InChI=1S/C15H17F3O6S/c1-9-11-4-3-5-13(20)14(11,8-23-10(2)19)7-6-12(9)24-25(21,22)15(16,17)18/h6H,3-5,7-8H2,1-2H3/t14-/m1/s1. The van der Waals surface area contributed by atoms with Crippen LogP contribution in [0, 0.1) is 5.41 Å². The van der Waals surface area contributed by atoms with Crippen LogP contribution in [0.15, 0.2) is 23.0 Å². The Balaban J connectivity index is 2.40. The molecule has 10 heteroatoms. The number of allylic oxidation sites excluding steroid dienone is 2. The number of hydrogen-bond donors (Lipinski definition) is 0. The van der Waals surface area contributed by atoms with E-state index >= 15 is 0 Å². The molecule has 2 rings (SSSR count). The Morgan fingerprint density at radius 2 is 1.96 bits per heavy atom. The molecule has 2 aliphatic carbocycles. The van der Waals surface area contributed by atoms with Gasteiger partial charge in [0, 0.05) is 13.3 Å². The van der Waals surface area contributed by atoms with Crippen molar-refractivity contribution in [3.8, 4) is 0 Å². The van der Waals surface area contributed by atoms with E-state index in [1.807, 2.05) is 0 Å². The summed E-state index contributed by atoms with van der Waals surface area (Å²) in [7, 11) is -5.80. The van der Waals surface area contributed by atoms with Crippen molar-refractivity contribution in [3.63, 3.8) is 0 Å². The largest absolute Gasteiger partial charge is 0.534 e. The predicted molar refractivity (Wildman–Crippen MR) is 79.4 cm³/mol. The zero-order chi connectivity index (χ0) is 19.0. The Bertz CT molecular complexity index is 763. The van der Waals surface area contributed by atoms with Crippen LogP contribution in [0.4, 0.5) is 13.2 Å². The molecular weight excluding hydrogens is 365 g/mol. The molecule has 2 aliphatic rings. The molecule has 0 aliphatic heterocycles. The van der Waals surface area contributed by atoms with Gasteiger partial charge in [-0.1, -0.05) is 0 Å². The van der Waals surface area contributed by atoms with Gasteiger partial charge in [0.1, 0.15) is 18.1 Å². The molecule has 0 N–H and O–H groups in total. The molecule has 0 aromatic heterocycles. The Hall–Kier alpha value is -1.84. The number of carbonyl (C=O) groups is 2. The Morgan fingerprint density at radius 1 is 1.32 bits per heavy atom. The molecular formula is C15H17F3O6S. The SMILES string of the molecule is CC(=O)OC[C@]12CC=C(OS(=O)(=O)C(F)(F)F)C(C)=C1CCCC2=O. The molecule has 0 saturated heterocycles. The fourth-order valence-corrected chi connectivity index (χ4v) is 3.66. The number of Topliss-reactive ketones (excluding diaryl/α,β-unsaturated/α-hetero) is 1. The Labute approximate surface area is 142 Å². The van der Waals surface area contributed by atoms with Crippen LogP contribution in [0.25, 0.3) is 0 Å². The minimum atomic E-state index is -5.80. The number of hydrogen-bond acceptors (Lipinski definition) is 6.